The Bertz CT molecular complexity index is 492. The third kappa shape index (κ3) is 1.41. The van der Waals surface area contributed by atoms with Crippen LogP contribution in [0.25, 0.3) is 11.8 Å². The van der Waals surface area contributed by atoms with Crippen molar-refractivity contribution in [3.8, 4) is 0 Å². The molecule has 15 heavy (non-hydrogen) atoms. The van der Waals surface area contributed by atoms with Gasteiger partial charge in [0.05, 0.1) is 0 Å². The molecule has 0 amide bonds. The maximum atomic E-state index is 11.9. The van der Waals surface area contributed by atoms with Gasteiger partial charge in [0.1, 0.15) is 12.2 Å². The summed E-state index contributed by atoms with van der Waals surface area (Å²) in [7, 11) is 0. The van der Waals surface area contributed by atoms with Gasteiger partial charge in [-0.1, -0.05) is 18.2 Å². The average molecular weight is 201 g/mol. The quantitative estimate of drug-likeness (QED) is 0.584. The minimum absolute atomic E-state index is 0.202. The van der Waals surface area contributed by atoms with Crippen molar-refractivity contribution < 1.29 is 5.06 Å². The van der Waals surface area contributed by atoms with Gasteiger partial charge in [0, 0.05) is 11.6 Å². The molecule has 1 aliphatic heterocycles. The zero-order valence-corrected chi connectivity index (χ0v) is 8.70. The first kappa shape index (κ1) is 9.13. The monoisotopic (exact) mass is 201 g/mol. The Morgan fingerprint density at radius 3 is 3.00 bits per heavy atom. The molecule has 1 aromatic carbocycles. The van der Waals surface area contributed by atoms with E-state index in [-0.39, 0.29) is 6.04 Å². The molecular weight excluding hydrogens is 186 g/mol. The molecule has 1 fully saturated rings. The third-order valence-electron chi connectivity index (χ3n) is 3.56. The first-order valence-corrected chi connectivity index (χ1v) is 5.70. The maximum absolute atomic E-state index is 11.9. The Morgan fingerprint density at radius 1 is 1.20 bits per heavy atom. The highest BCUT2D eigenvalue weighted by Gasteiger charge is 2.26. The van der Waals surface area contributed by atoms with E-state index in [4.69, 9.17) is 0 Å². The summed E-state index contributed by atoms with van der Waals surface area (Å²) in [6.45, 7) is 0. The number of benzene rings is 1. The van der Waals surface area contributed by atoms with Crippen LogP contribution in [-0.2, 0) is 0 Å². The first-order valence-electron chi connectivity index (χ1n) is 5.70. The number of quaternary nitrogens is 1. The highest BCUT2D eigenvalue weighted by atomic mass is 16.5. The molecule has 2 aliphatic rings. The van der Waals surface area contributed by atoms with E-state index in [1.807, 2.05) is 18.3 Å². The zero-order chi connectivity index (χ0) is 10.3. The highest BCUT2D eigenvalue weighted by Crippen LogP contribution is 2.22. The Hall–Kier alpha value is -1.12. The fourth-order valence-electron chi connectivity index (χ4n) is 2.82. The second-order valence-corrected chi connectivity index (χ2v) is 4.46. The van der Waals surface area contributed by atoms with E-state index < -0.39 is 0 Å². The van der Waals surface area contributed by atoms with Crippen molar-refractivity contribution in [1.29, 1.82) is 0 Å². The molecule has 2 unspecified atom stereocenters. The maximum Gasteiger partial charge on any atom is 0.114 e. The van der Waals surface area contributed by atoms with E-state index in [9.17, 15) is 5.21 Å². The minimum Gasteiger partial charge on any atom is -0.629 e. The predicted octanol–water partition coefficient (Wildman–Crippen LogP) is -0.0858. The molecule has 0 spiro atoms. The van der Waals surface area contributed by atoms with Crippen LogP contribution in [0.3, 0.4) is 0 Å². The molecule has 2 atom stereocenters. The molecule has 0 aromatic heterocycles. The fraction of sp³-hybridized carbons (Fsp3) is 0.385. The van der Waals surface area contributed by atoms with Crippen molar-refractivity contribution >= 4 is 11.8 Å². The number of hydroxylamine groups is 2. The standard InChI is InChI=1S/C13H15NO/c15-14-9-10-5-1-2-6-11(10)12-7-3-4-8-13(12)14/h1-2,5-6,9,13-14H,3-4,7-8H2. The molecule has 1 aliphatic carbocycles. The molecular formula is C13H15NO. The molecule has 1 N–H and O–H groups in total. The van der Waals surface area contributed by atoms with E-state index in [1.165, 1.54) is 23.6 Å². The van der Waals surface area contributed by atoms with Gasteiger partial charge in [-0.3, -0.25) is 0 Å². The lowest BCUT2D eigenvalue weighted by Crippen LogP contribution is -3.08. The predicted molar refractivity (Wildman–Crippen MR) is 60.2 cm³/mol. The Kier molecular flexibility index (Phi) is 2.11. The average Bonchev–Trinajstić information content (AvgIpc) is 2.30. The van der Waals surface area contributed by atoms with Crippen LogP contribution in [0.15, 0.2) is 24.3 Å². The smallest absolute Gasteiger partial charge is 0.114 e. The van der Waals surface area contributed by atoms with E-state index in [0.717, 1.165) is 18.1 Å². The lowest BCUT2D eigenvalue weighted by Gasteiger charge is -2.35. The minimum atomic E-state index is 0.202. The normalized spacial score (nSPS) is 29.0. The van der Waals surface area contributed by atoms with Gasteiger partial charge in [0.15, 0.2) is 0 Å². The Balaban J connectivity index is 2.29. The van der Waals surface area contributed by atoms with E-state index in [2.05, 4.69) is 12.1 Å². The van der Waals surface area contributed by atoms with Gasteiger partial charge in [-0.05, 0) is 36.1 Å². The summed E-state index contributed by atoms with van der Waals surface area (Å²) in [5, 5.41) is 14.7. The molecule has 2 nitrogen and oxygen atoms in total. The Labute approximate surface area is 89.1 Å². The van der Waals surface area contributed by atoms with Crippen LogP contribution in [0, 0.1) is 5.21 Å². The molecule has 2 heteroatoms. The van der Waals surface area contributed by atoms with E-state index >= 15 is 0 Å². The van der Waals surface area contributed by atoms with Gasteiger partial charge in [-0.25, -0.2) is 0 Å². The van der Waals surface area contributed by atoms with E-state index in [0.29, 0.717) is 5.06 Å². The van der Waals surface area contributed by atoms with Crippen LogP contribution in [-0.4, -0.2) is 6.04 Å². The molecule has 1 heterocycles. The molecule has 3 rings (SSSR count). The number of rotatable bonds is 0. The number of hydrogen-bond donors (Lipinski definition) is 1. The van der Waals surface area contributed by atoms with Gasteiger partial charge >= 0.3 is 0 Å². The van der Waals surface area contributed by atoms with Gasteiger partial charge < -0.3 is 10.3 Å². The summed E-state index contributed by atoms with van der Waals surface area (Å²) < 4.78 is 0. The Morgan fingerprint density at radius 2 is 2.07 bits per heavy atom. The van der Waals surface area contributed by atoms with Crippen molar-refractivity contribution in [2.24, 2.45) is 0 Å². The molecule has 0 bridgehead atoms. The van der Waals surface area contributed by atoms with Crippen molar-refractivity contribution in [3.63, 3.8) is 0 Å². The molecule has 1 aromatic rings. The molecule has 0 saturated heterocycles. The van der Waals surface area contributed by atoms with Crippen LogP contribution in [0.4, 0.5) is 0 Å². The second-order valence-electron chi connectivity index (χ2n) is 4.46. The number of fused-ring (bicyclic) bond motifs is 2. The zero-order valence-electron chi connectivity index (χ0n) is 8.70. The summed E-state index contributed by atoms with van der Waals surface area (Å²) in [6, 6.07) is 8.48. The van der Waals surface area contributed by atoms with Crippen molar-refractivity contribution in [3.05, 3.63) is 39.9 Å². The second kappa shape index (κ2) is 3.47. The van der Waals surface area contributed by atoms with Crippen LogP contribution in [0.1, 0.15) is 25.7 Å². The number of hydrogen-bond acceptors (Lipinski definition) is 1. The summed E-state index contributed by atoms with van der Waals surface area (Å²) in [5.41, 5.74) is 1.39. The molecule has 0 radical (unpaired) electrons. The summed E-state index contributed by atoms with van der Waals surface area (Å²) >= 11 is 0. The van der Waals surface area contributed by atoms with Gasteiger partial charge in [0.2, 0.25) is 0 Å². The van der Waals surface area contributed by atoms with Crippen LogP contribution in [0.2, 0.25) is 0 Å². The summed E-state index contributed by atoms with van der Waals surface area (Å²) in [6.07, 6.45) is 6.44. The molecule has 78 valence electrons. The topological polar surface area (TPSA) is 27.5 Å². The lowest BCUT2D eigenvalue weighted by molar-refractivity contribution is -0.782. The lowest BCUT2D eigenvalue weighted by atomic mass is 9.86. The largest absolute Gasteiger partial charge is 0.629 e. The summed E-state index contributed by atoms with van der Waals surface area (Å²) in [4.78, 5) is 0. The van der Waals surface area contributed by atoms with Crippen molar-refractivity contribution in [2.45, 2.75) is 31.7 Å². The highest BCUT2D eigenvalue weighted by molar-refractivity contribution is 5.53. The fourth-order valence-corrected chi connectivity index (χ4v) is 2.82. The first-order chi connectivity index (χ1) is 7.36. The van der Waals surface area contributed by atoms with Gasteiger partial charge in [-0.15, -0.1) is 0 Å². The van der Waals surface area contributed by atoms with Gasteiger partial charge in [0.25, 0.3) is 0 Å². The van der Waals surface area contributed by atoms with Crippen LogP contribution in [0.5, 0.6) is 0 Å². The third-order valence-corrected chi connectivity index (χ3v) is 3.56. The van der Waals surface area contributed by atoms with Crippen LogP contribution >= 0.6 is 0 Å². The van der Waals surface area contributed by atoms with Crippen LogP contribution < -0.4 is 15.5 Å². The van der Waals surface area contributed by atoms with Crippen molar-refractivity contribution in [1.82, 2.24) is 0 Å². The van der Waals surface area contributed by atoms with Crippen molar-refractivity contribution in [2.75, 3.05) is 0 Å². The molecule has 1 saturated carbocycles. The number of nitrogens with one attached hydrogen (secondary N) is 1. The summed E-state index contributed by atoms with van der Waals surface area (Å²) in [5.74, 6) is 0. The SMILES string of the molecule is [O-][NH+]1C=c2ccccc2=C2CCCCC21. The van der Waals surface area contributed by atoms with Gasteiger partial charge in [-0.2, -0.15) is 0 Å². The van der Waals surface area contributed by atoms with E-state index in [1.54, 1.807) is 0 Å².